The van der Waals surface area contributed by atoms with Crippen LogP contribution in [0.4, 0.5) is 0 Å². The number of ether oxygens (including phenoxy) is 1. The summed E-state index contributed by atoms with van der Waals surface area (Å²) >= 11 is 0. The van der Waals surface area contributed by atoms with Crippen LogP contribution in [0.25, 0.3) is 0 Å². The molecule has 1 rings (SSSR count). The van der Waals surface area contributed by atoms with Gasteiger partial charge in [0.05, 0.1) is 6.61 Å². The third-order valence-electron chi connectivity index (χ3n) is 2.06. The lowest BCUT2D eigenvalue weighted by Gasteiger charge is -2.11. The maximum atomic E-state index is 11.7. The summed E-state index contributed by atoms with van der Waals surface area (Å²) in [5, 5.41) is 8.62. The first kappa shape index (κ1) is 12.5. The Hall–Kier alpha value is -1.55. The molecule has 1 aromatic carbocycles. The molecule has 1 amide bonds. The molecular weight excluding hydrogens is 206 g/mol. The number of aliphatic hydroxyl groups excluding tert-OH is 1. The van der Waals surface area contributed by atoms with E-state index in [1.54, 1.807) is 38.4 Å². The summed E-state index contributed by atoms with van der Waals surface area (Å²) in [6.45, 7) is 0.562. The molecular formula is C12H17NO3. The maximum Gasteiger partial charge on any atom is 0.253 e. The lowest BCUT2D eigenvalue weighted by atomic mass is 10.2. The van der Waals surface area contributed by atoms with Crippen molar-refractivity contribution in [3.63, 3.8) is 0 Å². The van der Waals surface area contributed by atoms with Crippen molar-refractivity contribution in [2.45, 2.75) is 6.42 Å². The zero-order chi connectivity index (χ0) is 12.0. The molecule has 4 nitrogen and oxygen atoms in total. The molecule has 1 N–H and O–H groups in total. The average molecular weight is 223 g/mol. The second-order valence-corrected chi connectivity index (χ2v) is 3.65. The van der Waals surface area contributed by atoms with E-state index < -0.39 is 0 Å². The third kappa shape index (κ3) is 3.55. The summed E-state index contributed by atoms with van der Waals surface area (Å²) in [6, 6.07) is 7.04. The molecule has 1 aromatic rings. The highest BCUT2D eigenvalue weighted by Gasteiger charge is 2.08. The van der Waals surface area contributed by atoms with Gasteiger partial charge in [-0.25, -0.2) is 0 Å². The number of nitrogens with zero attached hydrogens (tertiary/aromatic N) is 1. The molecule has 0 atom stereocenters. The van der Waals surface area contributed by atoms with E-state index in [1.807, 2.05) is 0 Å². The minimum Gasteiger partial charge on any atom is -0.493 e. The number of carbonyl (C=O) groups excluding carboxylic acids is 1. The topological polar surface area (TPSA) is 49.8 Å². The molecule has 0 unspecified atom stereocenters. The SMILES string of the molecule is CN(C)C(=O)c1cccc(OCCCO)c1. The van der Waals surface area contributed by atoms with E-state index in [9.17, 15) is 4.79 Å². The van der Waals surface area contributed by atoms with E-state index in [4.69, 9.17) is 9.84 Å². The van der Waals surface area contributed by atoms with Gasteiger partial charge in [-0.15, -0.1) is 0 Å². The molecule has 0 spiro atoms. The Kier molecular flexibility index (Phi) is 4.79. The first-order valence-corrected chi connectivity index (χ1v) is 5.20. The monoisotopic (exact) mass is 223 g/mol. The Morgan fingerprint density at radius 2 is 2.19 bits per heavy atom. The molecule has 0 aromatic heterocycles. The molecule has 0 heterocycles. The van der Waals surface area contributed by atoms with Crippen molar-refractivity contribution in [3.8, 4) is 5.75 Å². The van der Waals surface area contributed by atoms with Crippen molar-refractivity contribution in [2.24, 2.45) is 0 Å². The van der Waals surface area contributed by atoms with Crippen molar-refractivity contribution in [2.75, 3.05) is 27.3 Å². The summed E-state index contributed by atoms with van der Waals surface area (Å²) in [4.78, 5) is 13.2. The van der Waals surface area contributed by atoms with Gasteiger partial charge in [-0.05, 0) is 18.2 Å². The van der Waals surface area contributed by atoms with E-state index in [1.165, 1.54) is 4.90 Å². The first-order chi connectivity index (χ1) is 7.65. The van der Waals surface area contributed by atoms with Crippen LogP contribution in [0.5, 0.6) is 5.75 Å². The van der Waals surface area contributed by atoms with Gasteiger partial charge in [0.2, 0.25) is 0 Å². The van der Waals surface area contributed by atoms with Crippen molar-refractivity contribution >= 4 is 5.91 Å². The highest BCUT2D eigenvalue weighted by Crippen LogP contribution is 2.14. The zero-order valence-corrected chi connectivity index (χ0v) is 9.64. The van der Waals surface area contributed by atoms with Crippen molar-refractivity contribution in [1.29, 1.82) is 0 Å². The predicted octanol–water partition coefficient (Wildman–Crippen LogP) is 1.15. The first-order valence-electron chi connectivity index (χ1n) is 5.20. The molecule has 0 radical (unpaired) electrons. The average Bonchev–Trinajstić information content (AvgIpc) is 2.29. The molecule has 0 aliphatic heterocycles. The Balaban J connectivity index is 2.67. The number of hydrogen-bond acceptors (Lipinski definition) is 3. The lowest BCUT2D eigenvalue weighted by Crippen LogP contribution is -2.21. The van der Waals surface area contributed by atoms with Gasteiger partial charge in [-0.2, -0.15) is 0 Å². The van der Waals surface area contributed by atoms with Gasteiger partial charge in [-0.1, -0.05) is 6.07 Å². The van der Waals surface area contributed by atoms with Gasteiger partial charge < -0.3 is 14.7 Å². The van der Waals surface area contributed by atoms with Crippen LogP contribution < -0.4 is 4.74 Å². The predicted molar refractivity (Wildman–Crippen MR) is 61.7 cm³/mol. The standard InChI is InChI=1S/C12H17NO3/c1-13(2)12(15)10-5-3-6-11(9-10)16-8-4-7-14/h3,5-6,9,14H,4,7-8H2,1-2H3. The van der Waals surface area contributed by atoms with E-state index in [-0.39, 0.29) is 12.5 Å². The summed E-state index contributed by atoms with van der Waals surface area (Å²) < 4.78 is 5.39. The highest BCUT2D eigenvalue weighted by atomic mass is 16.5. The molecule has 0 bridgehead atoms. The van der Waals surface area contributed by atoms with Gasteiger partial charge in [0.15, 0.2) is 0 Å². The van der Waals surface area contributed by atoms with Gasteiger partial charge in [0.25, 0.3) is 5.91 Å². The van der Waals surface area contributed by atoms with Crippen LogP contribution in [0.3, 0.4) is 0 Å². The molecule has 16 heavy (non-hydrogen) atoms. The lowest BCUT2D eigenvalue weighted by molar-refractivity contribution is 0.0827. The van der Waals surface area contributed by atoms with Crippen LogP contribution in [-0.2, 0) is 0 Å². The second-order valence-electron chi connectivity index (χ2n) is 3.65. The zero-order valence-electron chi connectivity index (χ0n) is 9.64. The van der Waals surface area contributed by atoms with Crippen LogP contribution >= 0.6 is 0 Å². The fourth-order valence-corrected chi connectivity index (χ4v) is 1.23. The van der Waals surface area contributed by atoms with Crippen LogP contribution in [0.15, 0.2) is 24.3 Å². The van der Waals surface area contributed by atoms with Crippen LogP contribution in [0, 0.1) is 0 Å². The highest BCUT2D eigenvalue weighted by molar-refractivity contribution is 5.94. The molecule has 4 heteroatoms. The number of aliphatic hydroxyl groups is 1. The van der Waals surface area contributed by atoms with Crippen LogP contribution in [0.1, 0.15) is 16.8 Å². The fourth-order valence-electron chi connectivity index (χ4n) is 1.23. The minimum absolute atomic E-state index is 0.0485. The maximum absolute atomic E-state index is 11.7. The summed E-state index contributed by atoms with van der Waals surface area (Å²) in [5.74, 6) is 0.605. The second kappa shape index (κ2) is 6.12. The van der Waals surface area contributed by atoms with E-state index in [0.717, 1.165) is 0 Å². The number of carbonyl (C=O) groups is 1. The van der Waals surface area contributed by atoms with E-state index in [0.29, 0.717) is 24.3 Å². The van der Waals surface area contributed by atoms with Gasteiger partial charge in [0.1, 0.15) is 5.75 Å². The van der Waals surface area contributed by atoms with Gasteiger partial charge >= 0.3 is 0 Å². The molecule has 0 saturated carbocycles. The Bertz CT molecular complexity index is 350. The van der Waals surface area contributed by atoms with Crippen LogP contribution in [-0.4, -0.2) is 43.2 Å². The van der Waals surface area contributed by atoms with Gasteiger partial charge in [-0.3, -0.25) is 4.79 Å². The Morgan fingerprint density at radius 3 is 2.81 bits per heavy atom. The van der Waals surface area contributed by atoms with Crippen LogP contribution in [0.2, 0.25) is 0 Å². The number of hydrogen-bond donors (Lipinski definition) is 1. The summed E-state index contributed by atoms with van der Waals surface area (Å²) in [6.07, 6.45) is 0.589. The Labute approximate surface area is 95.5 Å². The third-order valence-corrected chi connectivity index (χ3v) is 2.06. The molecule has 0 aliphatic carbocycles. The molecule has 88 valence electrons. The molecule has 0 aliphatic rings. The van der Waals surface area contributed by atoms with Crippen molar-refractivity contribution in [3.05, 3.63) is 29.8 Å². The number of rotatable bonds is 5. The normalized spacial score (nSPS) is 9.94. The fraction of sp³-hybridized carbons (Fsp3) is 0.417. The van der Waals surface area contributed by atoms with E-state index in [2.05, 4.69) is 0 Å². The Morgan fingerprint density at radius 1 is 1.44 bits per heavy atom. The smallest absolute Gasteiger partial charge is 0.253 e. The molecule has 0 saturated heterocycles. The largest absolute Gasteiger partial charge is 0.493 e. The van der Waals surface area contributed by atoms with E-state index >= 15 is 0 Å². The summed E-state index contributed by atoms with van der Waals surface area (Å²) in [7, 11) is 3.42. The number of amides is 1. The quantitative estimate of drug-likeness (QED) is 0.762. The molecule has 0 fully saturated rings. The number of benzene rings is 1. The minimum atomic E-state index is -0.0485. The summed E-state index contributed by atoms with van der Waals surface area (Å²) in [5.41, 5.74) is 0.603. The van der Waals surface area contributed by atoms with Crippen molar-refractivity contribution < 1.29 is 14.6 Å². The van der Waals surface area contributed by atoms with Gasteiger partial charge in [0, 0.05) is 32.7 Å². The van der Waals surface area contributed by atoms with Crippen molar-refractivity contribution in [1.82, 2.24) is 4.90 Å².